The Hall–Kier alpha value is -2.42. The molecule has 0 fully saturated rings. The molecule has 0 saturated heterocycles. The van der Waals surface area contributed by atoms with Crippen LogP contribution in [0.25, 0.3) is 0 Å². The number of halogens is 1. The highest BCUT2D eigenvalue weighted by Gasteiger charge is 2.14. The predicted octanol–water partition coefficient (Wildman–Crippen LogP) is 4.47. The summed E-state index contributed by atoms with van der Waals surface area (Å²) in [6, 6.07) is 17.1. The van der Waals surface area contributed by atoms with Gasteiger partial charge in [-0.15, -0.1) is 11.8 Å². The fraction of sp³-hybridized carbons (Fsp3) is 0.158. The fourth-order valence-corrected chi connectivity index (χ4v) is 3.19. The normalized spacial score (nSPS) is 11.4. The Morgan fingerprint density at radius 1 is 1.16 bits per heavy atom. The second kappa shape index (κ2) is 9.16. The number of hydrogen-bond acceptors (Lipinski definition) is 4. The first-order valence-electron chi connectivity index (χ1n) is 7.71. The van der Waals surface area contributed by atoms with E-state index in [1.54, 1.807) is 12.1 Å². The first kappa shape index (κ1) is 18.9. The maximum atomic E-state index is 11.6. The summed E-state index contributed by atoms with van der Waals surface area (Å²) in [7, 11) is 0. The number of carbonyl (C=O) groups is 1. The lowest BCUT2D eigenvalue weighted by Crippen LogP contribution is -2.16. The van der Waals surface area contributed by atoms with E-state index in [4.69, 9.17) is 17.3 Å². The topological polar surface area (TPSA) is 78.9 Å². The number of primary amides is 1. The number of nitrogens with two attached hydrogens (primary N) is 1. The predicted molar refractivity (Wildman–Crippen MR) is 104 cm³/mol. The highest BCUT2D eigenvalue weighted by molar-refractivity contribution is 8.02. The van der Waals surface area contributed by atoms with Crippen molar-refractivity contribution in [3.05, 3.63) is 75.3 Å². The lowest BCUT2D eigenvalue weighted by Gasteiger charge is -2.13. The highest BCUT2D eigenvalue weighted by Crippen LogP contribution is 2.27. The number of amides is 1. The molecule has 0 aromatic heterocycles. The number of thioether (sulfide) groups is 1. The van der Waals surface area contributed by atoms with Crippen LogP contribution in [0, 0.1) is 11.3 Å². The van der Waals surface area contributed by atoms with E-state index >= 15 is 0 Å². The third-order valence-electron chi connectivity index (χ3n) is 3.50. The average molecular weight is 372 g/mol. The monoisotopic (exact) mass is 371 g/mol. The summed E-state index contributed by atoms with van der Waals surface area (Å²) < 4.78 is 0. The highest BCUT2D eigenvalue weighted by atomic mass is 35.5. The lowest BCUT2D eigenvalue weighted by molar-refractivity contribution is -0.114. The second-order valence-electron chi connectivity index (χ2n) is 5.27. The molecule has 0 aliphatic carbocycles. The number of aryl methyl sites for hydroxylation is 1. The molecular formula is C19H18ClN3OS. The van der Waals surface area contributed by atoms with Gasteiger partial charge in [-0.3, -0.25) is 4.79 Å². The van der Waals surface area contributed by atoms with Gasteiger partial charge in [-0.05, 0) is 41.8 Å². The van der Waals surface area contributed by atoms with E-state index in [1.807, 2.05) is 42.5 Å². The van der Waals surface area contributed by atoms with E-state index in [1.165, 1.54) is 17.3 Å². The van der Waals surface area contributed by atoms with Crippen molar-refractivity contribution in [1.82, 2.24) is 0 Å². The minimum atomic E-state index is -0.751. The molecule has 0 aliphatic heterocycles. The van der Waals surface area contributed by atoms with Crippen molar-refractivity contribution in [1.29, 1.82) is 5.26 Å². The van der Waals surface area contributed by atoms with Gasteiger partial charge in [0.1, 0.15) is 11.6 Å². The lowest BCUT2D eigenvalue weighted by atomic mass is 10.1. The maximum Gasteiger partial charge on any atom is 0.262 e. The summed E-state index contributed by atoms with van der Waals surface area (Å²) in [5.74, 6) is -0.177. The Morgan fingerprint density at radius 3 is 2.28 bits per heavy atom. The largest absolute Gasteiger partial charge is 0.365 e. The van der Waals surface area contributed by atoms with Crippen LogP contribution in [0.15, 0.2) is 59.1 Å². The number of rotatable bonds is 7. The van der Waals surface area contributed by atoms with Crippen molar-refractivity contribution in [2.45, 2.75) is 19.1 Å². The van der Waals surface area contributed by atoms with Crippen LogP contribution in [0.3, 0.4) is 0 Å². The van der Waals surface area contributed by atoms with Crippen LogP contribution in [-0.4, -0.2) is 5.91 Å². The summed E-state index contributed by atoms with van der Waals surface area (Å²) in [6.45, 7) is 2.08. The van der Waals surface area contributed by atoms with Gasteiger partial charge in [-0.1, -0.05) is 42.8 Å². The van der Waals surface area contributed by atoms with E-state index in [0.717, 1.165) is 17.7 Å². The number of nitrogens with zero attached hydrogens (tertiary/aromatic N) is 1. The van der Waals surface area contributed by atoms with Crippen molar-refractivity contribution < 1.29 is 4.79 Å². The molecule has 0 spiro atoms. The van der Waals surface area contributed by atoms with Gasteiger partial charge in [0.2, 0.25) is 0 Å². The first-order chi connectivity index (χ1) is 12.0. The van der Waals surface area contributed by atoms with E-state index in [0.29, 0.717) is 15.8 Å². The third-order valence-corrected chi connectivity index (χ3v) is 4.83. The van der Waals surface area contributed by atoms with Crippen LogP contribution in [0.2, 0.25) is 5.02 Å². The van der Waals surface area contributed by atoms with Crippen molar-refractivity contribution in [2.75, 3.05) is 5.32 Å². The molecule has 25 heavy (non-hydrogen) atoms. The maximum absolute atomic E-state index is 11.6. The van der Waals surface area contributed by atoms with E-state index < -0.39 is 5.91 Å². The number of anilines is 1. The van der Waals surface area contributed by atoms with Crippen LogP contribution in [0.5, 0.6) is 0 Å². The Bertz CT molecular complexity index is 808. The van der Waals surface area contributed by atoms with Crippen LogP contribution >= 0.6 is 23.4 Å². The molecule has 0 atom stereocenters. The zero-order chi connectivity index (χ0) is 18.2. The molecule has 3 N–H and O–H groups in total. The number of nitriles is 1. The third kappa shape index (κ3) is 5.56. The fourth-order valence-electron chi connectivity index (χ4n) is 2.08. The van der Waals surface area contributed by atoms with Gasteiger partial charge in [0, 0.05) is 16.5 Å². The minimum Gasteiger partial charge on any atom is -0.365 e. The van der Waals surface area contributed by atoms with Crippen LogP contribution < -0.4 is 11.1 Å². The molecule has 2 rings (SSSR count). The van der Waals surface area contributed by atoms with Gasteiger partial charge in [0.25, 0.3) is 5.91 Å². The van der Waals surface area contributed by atoms with Crippen LogP contribution in [-0.2, 0) is 17.0 Å². The molecule has 0 heterocycles. The molecule has 4 nitrogen and oxygen atoms in total. The Morgan fingerprint density at radius 2 is 1.76 bits per heavy atom. The van der Waals surface area contributed by atoms with Crippen molar-refractivity contribution in [3.63, 3.8) is 0 Å². The average Bonchev–Trinajstić information content (AvgIpc) is 2.61. The number of nitrogens with one attached hydrogen (secondary N) is 1. The smallest absolute Gasteiger partial charge is 0.262 e. The van der Waals surface area contributed by atoms with Crippen molar-refractivity contribution >= 4 is 35.0 Å². The first-order valence-corrected chi connectivity index (χ1v) is 9.07. The molecule has 0 bridgehead atoms. The Balaban J connectivity index is 2.22. The molecule has 0 saturated carbocycles. The standard InChI is InChI=1S/C19H18ClN3OS/c1-2-13-5-9-16(10-6-13)23-19(17(11-21)18(22)24)25-12-14-3-7-15(20)8-4-14/h3-10,23H,2,12H2,1H3,(H2,22,24). The zero-order valence-corrected chi connectivity index (χ0v) is 15.3. The summed E-state index contributed by atoms with van der Waals surface area (Å²) in [6.07, 6.45) is 0.943. The van der Waals surface area contributed by atoms with Crippen LogP contribution in [0.4, 0.5) is 5.69 Å². The molecule has 2 aromatic rings. The van der Waals surface area contributed by atoms with Gasteiger partial charge in [0.15, 0.2) is 0 Å². The molecule has 0 aliphatic rings. The number of carbonyl (C=O) groups excluding carboxylic acids is 1. The minimum absolute atomic E-state index is 0.0847. The van der Waals surface area contributed by atoms with Crippen molar-refractivity contribution in [2.24, 2.45) is 5.73 Å². The SMILES string of the molecule is CCc1ccc(NC(SCc2ccc(Cl)cc2)=C(C#N)C(N)=O)cc1. The molecule has 2 aromatic carbocycles. The van der Waals surface area contributed by atoms with E-state index in [2.05, 4.69) is 12.2 Å². The van der Waals surface area contributed by atoms with Gasteiger partial charge in [0.05, 0.1) is 5.03 Å². The molecule has 0 unspecified atom stereocenters. The van der Waals surface area contributed by atoms with E-state index in [9.17, 15) is 10.1 Å². The molecule has 1 amide bonds. The number of benzene rings is 2. The van der Waals surface area contributed by atoms with Crippen molar-refractivity contribution in [3.8, 4) is 6.07 Å². The van der Waals surface area contributed by atoms with Crippen LogP contribution in [0.1, 0.15) is 18.1 Å². The molecule has 0 radical (unpaired) electrons. The molecule has 6 heteroatoms. The Kier molecular flexibility index (Phi) is 6.93. The summed E-state index contributed by atoms with van der Waals surface area (Å²) >= 11 is 7.24. The Labute approximate surface area is 156 Å². The zero-order valence-electron chi connectivity index (χ0n) is 13.8. The summed E-state index contributed by atoms with van der Waals surface area (Å²) in [5, 5.41) is 13.5. The second-order valence-corrected chi connectivity index (χ2v) is 6.69. The molecular weight excluding hydrogens is 354 g/mol. The summed E-state index contributed by atoms with van der Waals surface area (Å²) in [4.78, 5) is 11.6. The summed E-state index contributed by atoms with van der Waals surface area (Å²) in [5.41, 5.74) is 8.29. The van der Waals surface area contributed by atoms with Gasteiger partial charge in [-0.25, -0.2) is 0 Å². The quantitative estimate of drug-likeness (QED) is 0.556. The molecule has 128 valence electrons. The van der Waals surface area contributed by atoms with Gasteiger partial charge >= 0.3 is 0 Å². The van der Waals surface area contributed by atoms with Gasteiger partial charge in [-0.2, -0.15) is 5.26 Å². The van der Waals surface area contributed by atoms with Gasteiger partial charge < -0.3 is 11.1 Å². The number of hydrogen-bond donors (Lipinski definition) is 2. The van der Waals surface area contributed by atoms with E-state index in [-0.39, 0.29) is 5.57 Å².